The van der Waals surface area contributed by atoms with E-state index in [-0.39, 0.29) is 12.0 Å². The molecule has 2 unspecified atom stereocenters. The van der Waals surface area contributed by atoms with Gasteiger partial charge < -0.3 is 10.4 Å². The second-order valence-corrected chi connectivity index (χ2v) is 3.95. The van der Waals surface area contributed by atoms with E-state index in [1.807, 2.05) is 13.8 Å². The number of hydrogen-bond donors (Lipinski definition) is 2. The minimum atomic E-state index is -0.679. The van der Waals surface area contributed by atoms with Crippen molar-refractivity contribution in [2.24, 2.45) is 5.92 Å². The zero-order chi connectivity index (χ0) is 10.6. The molecule has 1 saturated heterocycles. The molecule has 1 rings (SSSR count). The molecule has 0 aromatic rings. The minimum Gasteiger partial charge on any atom is -0.480 e. The van der Waals surface area contributed by atoms with Crippen LogP contribution in [0.1, 0.15) is 20.3 Å². The van der Waals surface area contributed by atoms with Gasteiger partial charge in [-0.15, -0.1) is 0 Å². The molecule has 0 amide bonds. The van der Waals surface area contributed by atoms with E-state index in [0.29, 0.717) is 0 Å². The predicted molar refractivity (Wildman–Crippen MR) is 55.3 cm³/mol. The average molecular weight is 200 g/mol. The van der Waals surface area contributed by atoms with Gasteiger partial charge in [-0.2, -0.15) is 0 Å². The minimum absolute atomic E-state index is 0.227. The van der Waals surface area contributed by atoms with Gasteiger partial charge in [0, 0.05) is 26.2 Å². The van der Waals surface area contributed by atoms with Crippen molar-refractivity contribution in [1.29, 1.82) is 0 Å². The summed E-state index contributed by atoms with van der Waals surface area (Å²) in [6.45, 7) is 7.56. The topological polar surface area (TPSA) is 52.6 Å². The van der Waals surface area contributed by atoms with E-state index in [1.54, 1.807) is 0 Å². The molecule has 14 heavy (non-hydrogen) atoms. The number of carboxylic acid groups (broad SMARTS) is 1. The van der Waals surface area contributed by atoms with Crippen LogP contribution in [0.25, 0.3) is 0 Å². The Bertz CT molecular complexity index is 191. The summed E-state index contributed by atoms with van der Waals surface area (Å²) in [6, 6.07) is -0.304. The molecule has 4 nitrogen and oxygen atoms in total. The number of aliphatic carboxylic acids is 1. The molecule has 0 aliphatic carbocycles. The van der Waals surface area contributed by atoms with Crippen LogP contribution in [0.3, 0.4) is 0 Å². The van der Waals surface area contributed by atoms with E-state index in [2.05, 4.69) is 10.2 Å². The first-order chi connectivity index (χ1) is 6.66. The van der Waals surface area contributed by atoms with E-state index < -0.39 is 5.97 Å². The number of rotatable bonds is 4. The third kappa shape index (κ3) is 2.69. The summed E-state index contributed by atoms with van der Waals surface area (Å²) in [4.78, 5) is 13.2. The van der Waals surface area contributed by atoms with Crippen molar-refractivity contribution < 1.29 is 9.90 Å². The highest BCUT2D eigenvalue weighted by Gasteiger charge is 2.30. The number of hydrogen-bond acceptors (Lipinski definition) is 3. The number of carbonyl (C=O) groups is 1. The normalized spacial score (nSPS) is 23.0. The van der Waals surface area contributed by atoms with Crippen LogP contribution < -0.4 is 5.32 Å². The Balaban J connectivity index is 2.60. The lowest BCUT2D eigenvalue weighted by Gasteiger charge is -2.35. The Kier molecular flexibility index (Phi) is 4.35. The van der Waals surface area contributed by atoms with Gasteiger partial charge in [0.2, 0.25) is 0 Å². The number of piperazine rings is 1. The fraction of sp³-hybridized carbons (Fsp3) is 0.900. The summed E-state index contributed by atoms with van der Waals surface area (Å²) in [5, 5.41) is 12.4. The van der Waals surface area contributed by atoms with Gasteiger partial charge in [-0.1, -0.05) is 20.3 Å². The maximum absolute atomic E-state index is 11.1. The van der Waals surface area contributed by atoms with Crippen molar-refractivity contribution in [1.82, 2.24) is 10.2 Å². The van der Waals surface area contributed by atoms with Gasteiger partial charge in [-0.25, -0.2) is 0 Å². The zero-order valence-corrected chi connectivity index (χ0v) is 8.99. The third-order valence-corrected chi connectivity index (χ3v) is 2.98. The largest absolute Gasteiger partial charge is 0.480 e. The molecule has 1 heterocycles. The summed E-state index contributed by atoms with van der Waals surface area (Å²) in [5.74, 6) is -0.452. The highest BCUT2D eigenvalue weighted by Crippen LogP contribution is 2.15. The van der Waals surface area contributed by atoms with Gasteiger partial charge in [0.1, 0.15) is 6.04 Å². The Morgan fingerprint density at radius 2 is 2.07 bits per heavy atom. The SMILES string of the molecule is CCC(C)C(C(=O)O)N1CCNCC1. The molecule has 0 bridgehead atoms. The smallest absolute Gasteiger partial charge is 0.321 e. The fourth-order valence-electron chi connectivity index (χ4n) is 1.94. The van der Waals surface area contributed by atoms with E-state index in [4.69, 9.17) is 5.11 Å². The van der Waals surface area contributed by atoms with Gasteiger partial charge in [-0.05, 0) is 5.92 Å². The van der Waals surface area contributed by atoms with Crippen LogP contribution in [-0.2, 0) is 4.79 Å². The zero-order valence-electron chi connectivity index (χ0n) is 8.99. The van der Waals surface area contributed by atoms with Crippen molar-refractivity contribution in [3.05, 3.63) is 0 Å². The van der Waals surface area contributed by atoms with Crippen LogP contribution in [0.4, 0.5) is 0 Å². The highest BCUT2D eigenvalue weighted by molar-refractivity contribution is 5.73. The molecule has 1 aliphatic heterocycles. The highest BCUT2D eigenvalue weighted by atomic mass is 16.4. The lowest BCUT2D eigenvalue weighted by atomic mass is 9.97. The third-order valence-electron chi connectivity index (χ3n) is 2.98. The average Bonchev–Trinajstić information content (AvgIpc) is 2.19. The molecular weight excluding hydrogens is 180 g/mol. The van der Waals surface area contributed by atoms with E-state index in [9.17, 15) is 4.79 Å². The monoisotopic (exact) mass is 200 g/mol. The van der Waals surface area contributed by atoms with Gasteiger partial charge >= 0.3 is 5.97 Å². The molecule has 4 heteroatoms. The quantitative estimate of drug-likeness (QED) is 0.689. The lowest BCUT2D eigenvalue weighted by molar-refractivity contribution is -0.145. The van der Waals surface area contributed by atoms with Gasteiger partial charge in [-0.3, -0.25) is 9.69 Å². The summed E-state index contributed by atoms with van der Waals surface area (Å²) in [7, 11) is 0. The van der Waals surface area contributed by atoms with Crippen molar-refractivity contribution in [2.75, 3.05) is 26.2 Å². The van der Waals surface area contributed by atoms with Gasteiger partial charge in [0.25, 0.3) is 0 Å². The second-order valence-electron chi connectivity index (χ2n) is 3.95. The molecule has 0 aromatic heterocycles. The maximum atomic E-state index is 11.1. The molecular formula is C10H20N2O2. The van der Waals surface area contributed by atoms with Crippen LogP contribution in [0.5, 0.6) is 0 Å². The van der Waals surface area contributed by atoms with E-state index in [1.165, 1.54) is 0 Å². The molecule has 0 radical (unpaired) electrons. The Hall–Kier alpha value is -0.610. The summed E-state index contributed by atoms with van der Waals surface area (Å²) >= 11 is 0. The second kappa shape index (κ2) is 5.32. The van der Waals surface area contributed by atoms with Gasteiger partial charge in [0.05, 0.1) is 0 Å². The molecule has 82 valence electrons. The molecule has 2 atom stereocenters. The van der Waals surface area contributed by atoms with Crippen LogP contribution in [0, 0.1) is 5.92 Å². The Labute approximate surface area is 85.3 Å². The lowest BCUT2D eigenvalue weighted by Crippen LogP contribution is -2.53. The van der Waals surface area contributed by atoms with Crippen molar-refractivity contribution in [2.45, 2.75) is 26.3 Å². The Morgan fingerprint density at radius 1 is 1.50 bits per heavy atom. The first kappa shape index (κ1) is 11.5. The fourth-order valence-corrected chi connectivity index (χ4v) is 1.94. The maximum Gasteiger partial charge on any atom is 0.321 e. The molecule has 0 aromatic carbocycles. The van der Waals surface area contributed by atoms with E-state index in [0.717, 1.165) is 32.6 Å². The summed E-state index contributed by atoms with van der Waals surface area (Å²) < 4.78 is 0. The molecule has 2 N–H and O–H groups in total. The number of carboxylic acids is 1. The first-order valence-electron chi connectivity index (χ1n) is 5.34. The standard InChI is InChI=1S/C10H20N2O2/c1-3-8(2)9(10(13)14)12-6-4-11-5-7-12/h8-9,11H,3-7H2,1-2H3,(H,13,14). The molecule has 0 saturated carbocycles. The van der Waals surface area contributed by atoms with Crippen molar-refractivity contribution in [3.8, 4) is 0 Å². The molecule has 1 aliphatic rings. The summed E-state index contributed by atoms with van der Waals surface area (Å²) in [6.07, 6.45) is 0.918. The van der Waals surface area contributed by atoms with Crippen molar-refractivity contribution in [3.63, 3.8) is 0 Å². The number of nitrogens with one attached hydrogen (secondary N) is 1. The molecule has 0 spiro atoms. The molecule has 1 fully saturated rings. The number of nitrogens with zero attached hydrogens (tertiary/aromatic N) is 1. The first-order valence-corrected chi connectivity index (χ1v) is 5.34. The summed E-state index contributed by atoms with van der Waals surface area (Å²) in [5.41, 5.74) is 0. The Morgan fingerprint density at radius 3 is 2.50 bits per heavy atom. The van der Waals surface area contributed by atoms with E-state index >= 15 is 0 Å². The van der Waals surface area contributed by atoms with Crippen LogP contribution in [-0.4, -0.2) is 48.2 Å². The van der Waals surface area contributed by atoms with Crippen LogP contribution in [0.15, 0.2) is 0 Å². The van der Waals surface area contributed by atoms with Gasteiger partial charge in [0.15, 0.2) is 0 Å². The van der Waals surface area contributed by atoms with Crippen LogP contribution >= 0.6 is 0 Å². The van der Waals surface area contributed by atoms with Crippen molar-refractivity contribution >= 4 is 5.97 Å². The van der Waals surface area contributed by atoms with Crippen LogP contribution in [0.2, 0.25) is 0 Å². The predicted octanol–water partition coefficient (Wildman–Crippen LogP) is 0.391.